The van der Waals surface area contributed by atoms with Crippen LogP contribution in [0.3, 0.4) is 0 Å². The molecule has 2 heterocycles. The number of piperidine rings is 1. The number of aryl methyl sites for hydroxylation is 1. The van der Waals surface area contributed by atoms with Gasteiger partial charge in [0.15, 0.2) is 11.7 Å². The summed E-state index contributed by atoms with van der Waals surface area (Å²) in [5.74, 6) is 0.919. The van der Waals surface area contributed by atoms with Gasteiger partial charge >= 0.3 is 6.09 Å². The van der Waals surface area contributed by atoms with Gasteiger partial charge in [-0.25, -0.2) is 4.79 Å². The largest absolute Gasteiger partial charge is 0.459 e. The highest BCUT2D eigenvalue weighted by molar-refractivity contribution is 14.0. The zero-order chi connectivity index (χ0) is 21.1. The normalized spacial score (nSPS) is 14.6. The standard InChI is InChI=1S/C20H33N5O4.HI/c1-4-21-19(24-16-7-12-25(13-8-16)20(27)28-5-2)23-11-6-10-22-18(26)17-15(3)9-14-29-17;/h9,14,16H,4-8,10-13H2,1-3H3,(H,22,26)(H2,21,23,24);1H. The molecule has 1 aliphatic heterocycles. The number of hydrogen-bond donors (Lipinski definition) is 3. The van der Waals surface area contributed by atoms with Gasteiger partial charge in [-0.1, -0.05) is 0 Å². The number of furan rings is 1. The lowest BCUT2D eigenvalue weighted by atomic mass is 10.1. The number of carbonyl (C=O) groups excluding carboxylic acids is 2. The number of ether oxygens (including phenoxy) is 1. The number of nitrogens with zero attached hydrogens (tertiary/aromatic N) is 2. The van der Waals surface area contributed by atoms with E-state index in [1.807, 2.05) is 20.8 Å². The van der Waals surface area contributed by atoms with E-state index in [1.165, 1.54) is 6.26 Å². The number of guanidine groups is 1. The van der Waals surface area contributed by atoms with Gasteiger partial charge in [-0.15, -0.1) is 24.0 Å². The van der Waals surface area contributed by atoms with Crippen LogP contribution < -0.4 is 16.0 Å². The molecular weight excluding hydrogens is 501 g/mol. The number of rotatable bonds is 8. The van der Waals surface area contributed by atoms with E-state index in [0.717, 1.165) is 37.3 Å². The third kappa shape index (κ3) is 8.41. The molecule has 0 aliphatic carbocycles. The van der Waals surface area contributed by atoms with Crippen molar-refractivity contribution < 1.29 is 18.7 Å². The molecule has 0 atom stereocenters. The maximum Gasteiger partial charge on any atom is 0.409 e. The summed E-state index contributed by atoms with van der Waals surface area (Å²) in [5, 5.41) is 9.53. The Bertz CT molecular complexity index is 686. The predicted molar refractivity (Wildman–Crippen MR) is 127 cm³/mol. The van der Waals surface area contributed by atoms with E-state index in [2.05, 4.69) is 20.9 Å². The second-order valence-corrected chi connectivity index (χ2v) is 6.91. The van der Waals surface area contributed by atoms with Crippen LogP contribution >= 0.6 is 24.0 Å². The molecule has 0 radical (unpaired) electrons. The summed E-state index contributed by atoms with van der Waals surface area (Å²) in [6.07, 6.45) is 3.70. The Morgan fingerprint density at radius 1 is 1.27 bits per heavy atom. The molecule has 3 N–H and O–H groups in total. The number of nitrogens with one attached hydrogen (secondary N) is 3. The van der Waals surface area contributed by atoms with Crippen molar-refractivity contribution in [3.63, 3.8) is 0 Å². The van der Waals surface area contributed by atoms with Crippen LogP contribution in [0.1, 0.15) is 49.2 Å². The van der Waals surface area contributed by atoms with Gasteiger partial charge < -0.3 is 30.0 Å². The summed E-state index contributed by atoms with van der Waals surface area (Å²) < 4.78 is 10.2. The molecule has 2 rings (SSSR count). The summed E-state index contributed by atoms with van der Waals surface area (Å²) in [6.45, 7) is 9.31. The molecule has 1 saturated heterocycles. The maximum absolute atomic E-state index is 12.0. The molecule has 2 amide bonds. The molecule has 0 bridgehead atoms. The molecule has 1 aromatic rings. The van der Waals surface area contributed by atoms with E-state index in [4.69, 9.17) is 9.15 Å². The van der Waals surface area contributed by atoms with Crippen LogP contribution in [-0.2, 0) is 4.74 Å². The molecule has 30 heavy (non-hydrogen) atoms. The van der Waals surface area contributed by atoms with Crippen LogP contribution in [-0.4, -0.2) is 68.2 Å². The van der Waals surface area contributed by atoms with Gasteiger partial charge in [-0.3, -0.25) is 9.79 Å². The van der Waals surface area contributed by atoms with E-state index in [9.17, 15) is 9.59 Å². The van der Waals surface area contributed by atoms with E-state index in [1.54, 1.807) is 11.0 Å². The van der Waals surface area contributed by atoms with Gasteiger partial charge in [0, 0.05) is 44.3 Å². The fourth-order valence-corrected chi connectivity index (χ4v) is 3.09. The van der Waals surface area contributed by atoms with Crippen molar-refractivity contribution in [1.29, 1.82) is 0 Å². The summed E-state index contributed by atoms with van der Waals surface area (Å²) in [7, 11) is 0. The summed E-state index contributed by atoms with van der Waals surface area (Å²) in [5.41, 5.74) is 0.827. The van der Waals surface area contributed by atoms with Gasteiger partial charge in [0.1, 0.15) is 0 Å². The van der Waals surface area contributed by atoms with Crippen LogP contribution in [0.25, 0.3) is 0 Å². The first kappa shape index (κ1) is 26.1. The van der Waals surface area contributed by atoms with Crippen molar-refractivity contribution in [2.45, 2.75) is 46.1 Å². The molecule has 1 fully saturated rings. The zero-order valence-electron chi connectivity index (χ0n) is 18.0. The van der Waals surface area contributed by atoms with Gasteiger partial charge in [0.25, 0.3) is 5.91 Å². The van der Waals surface area contributed by atoms with E-state index in [0.29, 0.717) is 38.5 Å². The maximum atomic E-state index is 12.0. The fraction of sp³-hybridized carbons (Fsp3) is 0.650. The topological polar surface area (TPSA) is 108 Å². The minimum atomic E-state index is -0.238. The Morgan fingerprint density at radius 3 is 2.60 bits per heavy atom. The number of halogens is 1. The number of aliphatic imine (C=N–C) groups is 1. The van der Waals surface area contributed by atoms with Crippen LogP contribution in [0.4, 0.5) is 4.79 Å². The number of amides is 2. The SMILES string of the molecule is CCNC(=NCCCNC(=O)c1occc1C)NC1CCN(C(=O)OCC)CC1.I. The molecule has 10 heteroatoms. The summed E-state index contributed by atoms with van der Waals surface area (Å²) in [4.78, 5) is 30.1. The van der Waals surface area contributed by atoms with Crippen LogP contribution in [0.5, 0.6) is 0 Å². The van der Waals surface area contributed by atoms with E-state index in [-0.39, 0.29) is 42.0 Å². The Morgan fingerprint density at radius 2 is 2.00 bits per heavy atom. The predicted octanol–water partition coefficient (Wildman–Crippen LogP) is 2.50. The molecule has 1 aromatic heterocycles. The van der Waals surface area contributed by atoms with Crippen molar-refractivity contribution >= 4 is 41.9 Å². The van der Waals surface area contributed by atoms with Crippen molar-refractivity contribution in [2.24, 2.45) is 4.99 Å². The highest BCUT2D eigenvalue weighted by atomic mass is 127. The number of carbonyl (C=O) groups is 2. The number of hydrogen-bond acceptors (Lipinski definition) is 5. The average molecular weight is 535 g/mol. The molecule has 0 spiro atoms. The lowest BCUT2D eigenvalue weighted by Gasteiger charge is -2.32. The summed E-state index contributed by atoms with van der Waals surface area (Å²) >= 11 is 0. The molecule has 0 saturated carbocycles. The first-order chi connectivity index (χ1) is 14.0. The van der Waals surface area contributed by atoms with Gasteiger partial charge in [-0.2, -0.15) is 0 Å². The molecule has 0 unspecified atom stereocenters. The van der Waals surface area contributed by atoms with Crippen LogP contribution in [0, 0.1) is 6.92 Å². The van der Waals surface area contributed by atoms with Crippen molar-refractivity contribution in [2.75, 3.05) is 39.3 Å². The highest BCUT2D eigenvalue weighted by Crippen LogP contribution is 2.11. The third-order valence-electron chi connectivity index (χ3n) is 4.66. The summed E-state index contributed by atoms with van der Waals surface area (Å²) in [6, 6.07) is 2.03. The minimum Gasteiger partial charge on any atom is -0.459 e. The van der Waals surface area contributed by atoms with Crippen LogP contribution in [0.2, 0.25) is 0 Å². The fourth-order valence-electron chi connectivity index (χ4n) is 3.09. The lowest BCUT2D eigenvalue weighted by molar-refractivity contribution is 0.0923. The highest BCUT2D eigenvalue weighted by Gasteiger charge is 2.24. The molecule has 1 aliphatic rings. The van der Waals surface area contributed by atoms with Gasteiger partial charge in [0.05, 0.1) is 12.9 Å². The van der Waals surface area contributed by atoms with Crippen LogP contribution in [0.15, 0.2) is 21.7 Å². The minimum absolute atomic E-state index is 0. The Kier molecular flexibility index (Phi) is 12.2. The molecule has 0 aromatic carbocycles. The van der Waals surface area contributed by atoms with E-state index < -0.39 is 0 Å². The van der Waals surface area contributed by atoms with Crippen molar-refractivity contribution in [3.8, 4) is 0 Å². The molecule has 170 valence electrons. The molecular formula is C20H34IN5O4. The monoisotopic (exact) mass is 535 g/mol. The lowest BCUT2D eigenvalue weighted by Crippen LogP contribution is -2.50. The Labute approximate surface area is 195 Å². The Hall–Kier alpha value is -1.98. The van der Waals surface area contributed by atoms with Crippen molar-refractivity contribution in [1.82, 2.24) is 20.9 Å². The molecule has 9 nitrogen and oxygen atoms in total. The smallest absolute Gasteiger partial charge is 0.409 e. The zero-order valence-corrected chi connectivity index (χ0v) is 20.4. The Balaban J connectivity index is 0.00000450. The quantitative estimate of drug-likeness (QED) is 0.204. The second kappa shape index (κ2) is 14.1. The first-order valence-electron chi connectivity index (χ1n) is 10.3. The second-order valence-electron chi connectivity index (χ2n) is 6.91. The van der Waals surface area contributed by atoms with E-state index >= 15 is 0 Å². The van der Waals surface area contributed by atoms with Crippen molar-refractivity contribution in [3.05, 3.63) is 23.7 Å². The average Bonchev–Trinajstić information content (AvgIpc) is 3.14. The first-order valence-corrected chi connectivity index (χ1v) is 10.3. The third-order valence-corrected chi connectivity index (χ3v) is 4.66. The van der Waals surface area contributed by atoms with Gasteiger partial charge in [-0.05, 0) is 46.1 Å². The van der Waals surface area contributed by atoms with Gasteiger partial charge in [0.2, 0.25) is 0 Å². The number of likely N-dealkylation sites (tertiary alicyclic amines) is 1.